The highest BCUT2D eigenvalue weighted by molar-refractivity contribution is 5.85. The molecule has 136 valence electrons. The van der Waals surface area contributed by atoms with E-state index in [0.717, 1.165) is 12.8 Å². The molecule has 0 saturated carbocycles. The molecule has 0 radical (unpaired) electrons. The summed E-state index contributed by atoms with van der Waals surface area (Å²) in [5.41, 5.74) is 8.59. The van der Waals surface area contributed by atoms with Crippen LogP contribution < -0.4 is 11.5 Å². The summed E-state index contributed by atoms with van der Waals surface area (Å²) in [6, 6.07) is 0. The van der Waals surface area contributed by atoms with Gasteiger partial charge in [-0.25, -0.2) is 0 Å². The maximum Gasteiger partial charge on any atom is 0.325 e. The van der Waals surface area contributed by atoms with Gasteiger partial charge in [0.1, 0.15) is 11.1 Å². The molecular formula is C14H33ClN2O5. The van der Waals surface area contributed by atoms with Crippen LogP contribution in [0.25, 0.3) is 0 Å². The smallest absolute Gasteiger partial charge is 0.325 e. The second-order valence-electron chi connectivity index (χ2n) is 5.61. The fourth-order valence-electron chi connectivity index (χ4n) is 0.381. The number of aliphatic hydroxyl groups is 1. The first kappa shape index (κ1) is 29.2. The summed E-state index contributed by atoms with van der Waals surface area (Å²) in [5, 5.41) is 16.0. The van der Waals surface area contributed by atoms with Crippen molar-refractivity contribution in [3.8, 4) is 0 Å². The zero-order valence-electron chi connectivity index (χ0n) is 14.5. The third-order valence-electron chi connectivity index (χ3n) is 1.74. The minimum Gasteiger partial charge on any atom is -0.480 e. The van der Waals surface area contributed by atoms with Crippen LogP contribution in [0.4, 0.5) is 0 Å². The monoisotopic (exact) mass is 344 g/mol. The van der Waals surface area contributed by atoms with Gasteiger partial charge < -0.3 is 26.4 Å². The molecule has 0 aliphatic rings. The topological polar surface area (TPSA) is 136 Å². The highest BCUT2D eigenvalue weighted by atomic mass is 35.5. The molecular weight excluding hydrogens is 312 g/mol. The third-order valence-corrected chi connectivity index (χ3v) is 1.74. The molecule has 0 rings (SSSR count). The van der Waals surface area contributed by atoms with Gasteiger partial charge in [0.05, 0.1) is 6.61 Å². The number of esters is 1. The molecule has 7 nitrogen and oxygen atoms in total. The van der Waals surface area contributed by atoms with Crippen LogP contribution in [0.2, 0.25) is 0 Å². The molecule has 22 heavy (non-hydrogen) atoms. The number of carboxylic acids is 1. The van der Waals surface area contributed by atoms with E-state index in [-0.39, 0.29) is 18.4 Å². The Hall–Kier alpha value is -0.890. The van der Waals surface area contributed by atoms with E-state index in [1.165, 1.54) is 13.8 Å². The molecule has 8 heteroatoms. The highest BCUT2D eigenvalue weighted by Crippen LogP contribution is 1.99. The van der Waals surface area contributed by atoms with E-state index in [1.54, 1.807) is 13.8 Å². The Bertz CT molecular complexity index is 284. The lowest BCUT2D eigenvalue weighted by Crippen LogP contribution is -2.42. The summed E-state index contributed by atoms with van der Waals surface area (Å²) in [5.74, 6) is -1.32. The van der Waals surface area contributed by atoms with Gasteiger partial charge in [0.2, 0.25) is 0 Å². The van der Waals surface area contributed by atoms with Crippen LogP contribution in [-0.2, 0) is 14.3 Å². The van der Waals surface area contributed by atoms with Crippen LogP contribution in [0.5, 0.6) is 0 Å². The van der Waals surface area contributed by atoms with Crippen molar-refractivity contribution >= 4 is 24.3 Å². The van der Waals surface area contributed by atoms with Crippen LogP contribution in [0.1, 0.15) is 54.4 Å². The summed E-state index contributed by atoms with van der Waals surface area (Å²) >= 11 is 0. The van der Waals surface area contributed by atoms with Crippen molar-refractivity contribution in [2.45, 2.75) is 65.5 Å². The lowest BCUT2D eigenvalue weighted by Gasteiger charge is -2.15. The molecule has 0 atom stereocenters. The van der Waals surface area contributed by atoms with Crippen molar-refractivity contribution in [1.29, 1.82) is 0 Å². The predicted octanol–water partition coefficient (Wildman–Crippen LogP) is 1.30. The average Bonchev–Trinajstić information content (AvgIpc) is 2.34. The minimum atomic E-state index is -1.08. The first-order chi connectivity index (χ1) is 9.34. The summed E-state index contributed by atoms with van der Waals surface area (Å²) in [6.07, 6.45) is 1.71. The van der Waals surface area contributed by atoms with Crippen molar-refractivity contribution in [2.75, 3.05) is 13.2 Å². The first-order valence-electron chi connectivity index (χ1n) is 6.93. The summed E-state index contributed by atoms with van der Waals surface area (Å²) in [7, 11) is 0. The molecule has 0 aromatic rings. The number of rotatable bonds is 5. The molecule has 0 aliphatic heterocycles. The van der Waals surface area contributed by atoms with Gasteiger partial charge in [-0.15, -0.1) is 12.4 Å². The Morgan fingerprint density at radius 3 is 1.45 bits per heavy atom. The number of carboxylic acid groups (broad SMARTS) is 1. The van der Waals surface area contributed by atoms with E-state index >= 15 is 0 Å². The van der Waals surface area contributed by atoms with Gasteiger partial charge in [-0.3, -0.25) is 9.59 Å². The first-order valence-corrected chi connectivity index (χ1v) is 6.93. The van der Waals surface area contributed by atoms with Gasteiger partial charge >= 0.3 is 11.9 Å². The molecule has 0 aromatic heterocycles. The Balaban J connectivity index is -0.000000118. The Kier molecular flexibility index (Phi) is 19.9. The highest BCUT2D eigenvalue weighted by Gasteiger charge is 2.22. The molecule has 0 fully saturated rings. The molecule has 0 heterocycles. The number of nitrogens with two attached hydrogens (primary N) is 2. The van der Waals surface area contributed by atoms with Crippen LogP contribution in [0, 0.1) is 0 Å². The van der Waals surface area contributed by atoms with Gasteiger partial charge in [-0.2, -0.15) is 0 Å². The van der Waals surface area contributed by atoms with Gasteiger partial charge in [0.25, 0.3) is 0 Å². The predicted molar refractivity (Wildman–Crippen MR) is 90.0 cm³/mol. The van der Waals surface area contributed by atoms with Crippen molar-refractivity contribution in [2.24, 2.45) is 11.5 Å². The SMILES string of the molecule is CC(C)(N)C(=O)O.CCCO.CCCOC(=O)C(C)(C)N.Cl. The van der Waals surface area contributed by atoms with Crippen molar-refractivity contribution in [1.82, 2.24) is 0 Å². The Morgan fingerprint density at radius 1 is 1.00 bits per heavy atom. The van der Waals surface area contributed by atoms with Crippen molar-refractivity contribution < 1.29 is 24.5 Å². The van der Waals surface area contributed by atoms with Crippen LogP contribution in [0.3, 0.4) is 0 Å². The molecule has 0 saturated heterocycles. The Morgan fingerprint density at radius 2 is 1.32 bits per heavy atom. The molecule has 0 aliphatic carbocycles. The number of aliphatic carboxylic acids is 1. The molecule has 0 aromatic carbocycles. The fraction of sp³-hybridized carbons (Fsp3) is 0.857. The van der Waals surface area contributed by atoms with Gasteiger partial charge in [-0.05, 0) is 40.5 Å². The number of hydrogen-bond donors (Lipinski definition) is 4. The van der Waals surface area contributed by atoms with E-state index in [1.807, 2.05) is 13.8 Å². The van der Waals surface area contributed by atoms with E-state index < -0.39 is 17.0 Å². The van der Waals surface area contributed by atoms with Crippen LogP contribution >= 0.6 is 12.4 Å². The number of hydrogen-bond acceptors (Lipinski definition) is 6. The zero-order valence-corrected chi connectivity index (χ0v) is 15.3. The van der Waals surface area contributed by atoms with Gasteiger partial charge in [0.15, 0.2) is 0 Å². The number of aliphatic hydroxyl groups excluding tert-OH is 1. The third kappa shape index (κ3) is 24.1. The van der Waals surface area contributed by atoms with E-state index in [0.29, 0.717) is 13.2 Å². The quantitative estimate of drug-likeness (QED) is 0.551. The normalized spacial score (nSPS) is 10.0. The number of carbonyl (C=O) groups is 2. The molecule has 0 unspecified atom stereocenters. The number of ether oxygens (including phenoxy) is 1. The number of halogens is 1. The lowest BCUT2D eigenvalue weighted by molar-refractivity contribution is -0.148. The van der Waals surface area contributed by atoms with Crippen molar-refractivity contribution in [3.63, 3.8) is 0 Å². The molecule has 0 amide bonds. The fourth-order valence-corrected chi connectivity index (χ4v) is 0.381. The second kappa shape index (κ2) is 15.0. The largest absolute Gasteiger partial charge is 0.480 e. The standard InChI is InChI=1S/C7H15NO2.C4H9NO2.C3H8O.ClH/c1-4-5-10-6(9)7(2,3)8;1-4(2,5)3(6)7;1-2-3-4;/h4-5,8H2,1-3H3;5H2,1-2H3,(H,6,7);4H,2-3H2,1H3;1H. The maximum absolute atomic E-state index is 10.9. The van der Waals surface area contributed by atoms with E-state index in [4.69, 9.17) is 26.4 Å². The summed E-state index contributed by atoms with van der Waals surface area (Å²) in [4.78, 5) is 20.8. The molecule has 0 spiro atoms. The van der Waals surface area contributed by atoms with Crippen molar-refractivity contribution in [3.05, 3.63) is 0 Å². The van der Waals surface area contributed by atoms with E-state index in [9.17, 15) is 9.59 Å². The summed E-state index contributed by atoms with van der Waals surface area (Å²) in [6.45, 7) is 10.8. The van der Waals surface area contributed by atoms with Crippen LogP contribution in [0.15, 0.2) is 0 Å². The van der Waals surface area contributed by atoms with Crippen LogP contribution in [-0.4, -0.2) is 46.4 Å². The number of carbonyl (C=O) groups excluding carboxylic acids is 1. The minimum absolute atomic E-state index is 0. The molecule has 6 N–H and O–H groups in total. The second-order valence-corrected chi connectivity index (χ2v) is 5.61. The summed E-state index contributed by atoms with van der Waals surface area (Å²) < 4.78 is 4.79. The lowest BCUT2D eigenvalue weighted by atomic mass is 10.1. The van der Waals surface area contributed by atoms with Gasteiger partial charge in [0, 0.05) is 6.61 Å². The average molecular weight is 345 g/mol. The zero-order chi connectivity index (χ0) is 17.7. The molecule has 0 bridgehead atoms. The Labute approximate surface area is 139 Å². The maximum atomic E-state index is 10.9. The van der Waals surface area contributed by atoms with E-state index in [2.05, 4.69) is 0 Å². The van der Waals surface area contributed by atoms with Gasteiger partial charge in [-0.1, -0.05) is 13.8 Å².